The molecule has 1 aromatic heterocycles. The van der Waals surface area contributed by atoms with Crippen LogP contribution in [0.1, 0.15) is 65.9 Å². The first-order valence-electron chi connectivity index (χ1n) is 14.0. The predicted molar refractivity (Wildman–Crippen MR) is 164 cm³/mol. The maximum Gasteiger partial charge on any atom is 0.264 e. The van der Waals surface area contributed by atoms with Crippen molar-refractivity contribution in [1.29, 1.82) is 0 Å². The second-order valence-electron chi connectivity index (χ2n) is 11.9. The van der Waals surface area contributed by atoms with E-state index in [4.69, 9.17) is 4.74 Å². The van der Waals surface area contributed by atoms with Gasteiger partial charge in [0.2, 0.25) is 11.8 Å². The van der Waals surface area contributed by atoms with E-state index in [2.05, 4.69) is 52.9 Å². The summed E-state index contributed by atoms with van der Waals surface area (Å²) in [6, 6.07) is 21.7. The average molecular weight is 585 g/mol. The van der Waals surface area contributed by atoms with Crippen molar-refractivity contribution in [3.8, 4) is 17.1 Å². The summed E-state index contributed by atoms with van der Waals surface area (Å²) >= 11 is 0. The van der Waals surface area contributed by atoms with Crippen LogP contribution in [0.5, 0.6) is 5.88 Å². The first-order valence-corrected chi connectivity index (χ1v) is 15.5. The standard InChI is InChI=1S/C33H36N4O4S/c1-21-8-6-9-22(2)30(21)27-19-29-36-32(35-27)37-42(39,40)26-11-7-10-25(18-26)31(38)34-20-28(41-29)24-14-12-23(13-15-24)16-17-33(3,4)5/h6-15,18-19,28H,16-17,20H2,1-5H3,(H,34,38)(H,35,36,37)/t28-/m1/s1. The molecule has 9 heteroatoms. The maximum absolute atomic E-state index is 13.3. The molecular weight excluding hydrogens is 548 g/mol. The van der Waals surface area contributed by atoms with Gasteiger partial charge in [0, 0.05) is 17.2 Å². The monoisotopic (exact) mass is 584 g/mol. The molecule has 3 aromatic carbocycles. The zero-order valence-corrected chi connectivity index (χ0v) is 25.4. The summed E-state index contributed by atoms with van der Waals surface area (Å²) in [5, 5.41) is 2.92. The van der Waals surface area contributed by atoms with Gasteiger partial charge in [0.1, 0.15) is 6.10 Å². The first-order chi connectivity index (χ1) is 19.9. The van der Waals surface area contributed by atoms with E-state index in [1.54, 1.807) is 12.1 Å². The molecule has 218 valence electrons. The molecule has 1 aliphatic heterocycles. The van der Waals surface area contributed by atoms with Crippen LogP contribution in [0, 0.1) is 19.3 Å². The summed E-state index contributed by atoms with van der Waals surface area (Å²) in [5.41, 5.74) is 5.87. The third-order valence-corrected chi connectivity index (χ3v) is 8.62. The van der Waals surface area contributed by atoms with Gasteiger partial charge in [-0.05, 0) is 72.6 Å². The highest BCUT2D eigenvalue weighted by Gasteiger charge is 2.24. The summed E-state index contributed by atoms with van der Waals surface area (Å²) in [4.78, 5) is 22.1. The van der Waals surface area contributed by atoms with Crippen molar-refractivity contribution in [2.45, 2.75) is 58.5 Å². The fraction of sp³-hybridized carbons (Fsp3) is 0.303. The van der Waals surface area contributed by atoms with E-state index in [1.807, 2.05) is 44.2 Å². The van der Waals surface area contributed by atoms with Crippen LogP contribution in [0.4, 0.5) is 5.95 Å². The molecule has 8 nitrogen and oxygen atoms in total. The SMILES string of the molecule is Cc1cccc(C)c1-c1cc2nc(n1)NS(=O)(=O)c1cccc(c1)C(=O)NC[C@H](c1ccc(CCC(C)(C)C)cc1)O2. The molecule has 1 amide bonds. The minimum atomic E-state index is -4.10. The fourth-order valence-corrected chi connectivity index (χ4v) is 5.93. The largest absolute Gasteiger partial charge is 0.467 e. The molecule has 0 saturated carbocycles. The smallest absolute Gasteiger partial charge is 0.264 e. The quantitative estimate of drug-likeness (QED) is 0.287. The minimum Gasteiger partial charge on any atom is -0.467 e. The first kappa shape index (κ1) is 29.3. The summed E-state index contributed by atoms with van der Waals surface area (Å²) in [5.74, 6) is -0.344. The second kappa shape index (κ2) is 11.6. The molecule has 4 aromatic rings. The summed E-state index contributed by atoms with van der Waals surface area (Å²) < 4.78 is 35.6. The lowest BCUT2D eigenvalue weighted by Crippen LogP contribution is -2.31. The van der Waals surface area contributed by atoms with Gasteiger partial charge >= 0.3 is 0 Å². The molecule has 0 unspecified atom stereocenters. The molecule has 4 bridgehead atoms. The number of aryl methyl sites for hydroxylation is 3. The van der Waals surface area contributed by atoms with E-state index in [1.165, 1.54) is 23.8 Å². The number of carbonyl (C=O) groups is 1. The number of nitrogens with one attached hydrogen (secondary N) is 2. The normalized spacial score (nSPS) is 16.6. The molecule has 42 heavy (non-hydrogen) atoms. The molecule has 2 N–H and O–H groups in total. The zero-order valence-electron chi connectivity index (χ0n) is 24.6. The van der Waals surface area contributed by atoms with Crippen LogP contribution in [0.2, 0.25) is 0 Å². The van der Waals surface area contributed by atoms with Crippen LogP contribution in [0.25, 0.3) is 11.3 Å². The van der Waals surface area contributed by atoms with Crippen LogP contribution in [0.3, 0.4) is 0 Å². The van der Waals surface area contributed by atoms with Crippen LogP contribution in [-0.2, 0) is 16.4 Å². The van der Waals surface area contributed by atoms with Crippen molar-refractivity contribution in [3.05, 3.63) is 101 Å². The van der Waals surface area contributed by atoms with Crippen molar-refractivity contribution in [2.75, 3.05) is 11.3 Å². The average Bonchev–Trinajstić information content (AvgIpc) is 2.93. The zero-order chi connectivity index (χ0) is 30.1. The molecule has 1 atom stereocenters. The maximum atomic E-state index is 13.3. The fourth-order valence-electron chi connectivity index (χ4n) is 4.94. The number of carbonyl (C=O) groups excluding carboxylic acids is 1. The summed E-state index contributed by atoms with van der Waals surface area (Å²) in [6.45, 7) is 10.8. The van der Waals surface area contributed by atoms with E-state index in [0.717, 1.165) is 35.1 Å². The molecule has 2 heterocycles. The van der Waals surface area contributed by atoms with Crippen molar-refractivity contribution < 1.29 is 17.9 Å². The number of fused-ring (bicyclic) bond motifs is 4. The Balaban J connectivity index is 1.59. The molecule has 0 aliphatic carbocycles. The molecule has 1 aliphatic rings. The van der Waals surface area contributed by atoms with Crippen LogP contribution in [-0.4, -0.2) is 30.8 Å². The summed E-state index contributed by atoms with van der Waals surface area (Å²) in [6.07, 6.45) is 1.42. The molecule has 0 spiro atoms. The highest BCUT2D eigenvalue weighted by molar-refractivity contribution is 7.92. The Morgan fingerprint density at radius 3 is 2.31 bits per heavy atom. The lowest BCUT2D eigenvalue weighted by molar-refractivity contribution is 0.0925. The third kappa shape index (κ3) is 6.79. The Morgan fingerprint density at radius 1 is 0.929 bits per heavy atom. The minimum absolute atomic E-state index is 0.0691. The van der Waals surface area contributed by atoms with Gasteiger partial charge in [-0.1, -0.05) is 69.3 Å². The Hall–Kier alpha value is -4.24. The van der Waals surface area contributed by atoms with Gasteiger partial charge in [-0.25, -0.2) is 18.1 Å². The van der Waals surface area contributed by atoms with Crippen LogP contribution >= 0.6 is 0 Å². The highest BCUT2D eigenvalue weighted by atomic mass is 32.2. The summed E-state index contributed by atoms with van der Waals surface area (Å²) in [7, 11) is -4.10. The Labute approximate surface area is 247 Å². The van der Waals surface area contributed by atoms with Crippen molar-refractivity contribution in [2.24, 2.45) is 5.41 Å². The van der Waals surface area contributed by atoms with Gasteiger partial charge in [-0.15, -0.1) is 0 Å². The number of ether oxygens (including phenoxy) is 1. The van der Waals surface area contributed by atoms with Gasteiger partial charge in [0.05, 0.1) is 17.1 Å². The number of aromatic nitrogens is 2. The topological polar surface area (TPSA) is 110 Å². The highest BCUT2D eigenvalue weighted by Crippen LogP contribution is 2.31. The third-order valence-electron chi connectivity index (χ3n) is 7.30. The number of sulfonamides is 1. The van der Waals surface area contributed by atoms with E-state index < -0.39 is 22.0 Å². The molecule has 5 rings (SSSR count). The Morgan fingerprint density at radius 2 is 1.62 bits per heavy atom. The molecule has 0 radical (unpaired) electrons. The number of hydrogen-bond acceptors (Lipinski definition) is 6. The predicted octanol–water partition coefficient (Wildman–Crippen LogP) is 6.40. The lowest BCUT2D eigenvalue weighted by atomic mass is 9.88. The Kier molecular flexibility index (Phi) is 8.06. The van der Waals surface area contributed by atoms with E-state index >= 15 is 0 Å². The molecule has 0 saturated heterocycles. The number of rotatable bonds is 4. The van der Waals surface area contributed by atoms with Gasteiger partial charge in [-0.2, -0.15) is 4.98 Å². The van der Waals surface area contributed by atoms with Gasteiger partial charge in [0.25, 0.3) is 15.9 Å². The number of amides is 1. The van der Waals surface area contributed by atoms with Gasteiger partial charge < -0.3 is 10.1 Å². The van der Waals surface area contributed by atoms with Crippen molar-refractivity contribution in [1.82, 2.24) is 15.3 Å². The van der Waals surface area contributed by atoms with Crippen molar-refractivity contribution in [3.63, 3.8) is 0 Å². The van der Waals surface area contributed by atoms with Crippen LogP contribution < -0.4 is 14.8 Å². The number of nitrogens with zero attached hydrogens (tertiary/aromatic N) is 2. The van der Waals surface area contributed by atoms with Crippen LogP contribution in [0.15, 0.2) is 77.7 Å². The van der Waals surface area contributed by atoms with Crippen molar-refractivity contribution >= 4 is 21.9 Å². The van der Waals surface area contributed by atoms with Gasteiger partial charge in [0.15, 0.2) is 0 Å². The lowest BCUT2D eigenvalue weighted by Gasteiger charge is -2.21. The number of benzene rings is 3. The van der Waals surface area contributed by atoms with E-state index in [0.29, 0.717) is 5.69 Å². The second-order valence-corrected chi connectivity index (χ2v) is 13.6. The molecule has 0 fully saturated rings. The van der Waals surface area contributed by atoms with E-state index in [9.17, 15) is 13.2 Å². The molecular formula is C33H36N4O4S. The number of hydrogen-bond donors (Lipinski definition) is 2. The Bertz CT molecular complexity index is 1710. The van der Waals surface area contributed by atoms with Gasteiger partial charge in [-0.3, -0.25) is 4.79 Å². The van der Waals surface area contributed by atoms with E-state index in [-0.39, 0.29) is 34.2 Å². The number of anilines is 1.